The predicted molar refractivity (Wildman–Crippen MR) is 314 cm³/mol. The van der Waals surface area contributed by atoms with Crippen LogP contribution in [0.15, 0.2) is 50.6 Å². The van der Waals surface area contributed by atoms with E-state index in [1.807, 2.05) is 0 Å². The monoisotopic (exact) mass is 1300 g/mol. The second-order valence-electron chi connectivity index (χ2n) is 16.3. The molecule has 35 heteroatoms. The fourth-order valence-corrected chi connectivity index (χ4v) is 8.54. The van der Waals surface area contributed by atoms with E-state index in [-0.39, 0.29) is 95.2 Å². The van der Waals surface area contributed by atoms with Crippen molar-refractivity contribution in [2.75, 3.05) is 14.2 Å². The molecule has 0 unspecified atom stereocenters. The van der Waals surface area contributed by atoms with Crippen LogP contribution in [0.2, 0.25) is 30.5 Å². The van der Waals surface area contributed by atoms with Gasteiger partial charge in [-0.2, -0.15) is 9.97 Å². The van der Waals surface area contributed by atoms with Gasteiger partial charge < -0.3 is 55.0 Å². The maximum Gasteiger partial charge on any atom is 0.336 e. The van der Waals surface area contributed by atoms with Gasteiger partial charge in [0.15, 0.2) is 23.1 Å². The quantitative estimate of drug-likeness (QED) is 0.0120. The van der Waals surface area contributed by atoms with E-state index in [0.717, 1.165) is 30.3 Å². The van der Waals surface area contributed by atoms with Crippen molar-refractivity contribution in [3.8, 4) is 80.2 Å². The zero-order valence-corrected chi connectivity index (χ0v) is 47.4. The van der Waals surface area contributed by atoms with Gasteiger partial charge in [0.1, 0.15) is 15.5 Å². The normalized spacial score (nSPS) is 10.4. The highest BCUT2D eigenvalue weighted by Gasteiger charge is 2.28. The highest BCUT2D eigenvalue weighted by Crippen LogP contribution is 2.43. The SMILES string of the molecule is C.C.C.COc1c(O)cc(-c2nc(-c3c(Cl)nc(C)c(Cl)c3C)no2)cc1[N+](=O)[O-].COc1cc(C(=O)O)cc([N+](=O)[O-])c1O.Cc1nc(Cl)c(-c2noc(-c3cc(O)c(O)c([N+](=O)[O-])c3)n2)c(C)c1Cl.Cc1nc(Cl)c(/C(N)=N/O)c(C)c1Cl. The summed E-state index contributed by atoms with van der Waals surface area (Å²) < 4.78 is 19.8. The molecule has 8 N–H and O–H groups in total. The molecule has 5 heterocycles. The standard InChI is InChI=1S/C16H12Cl2N4O5.C15H10Cl2N4O5.C8H9Cl2N3O.C8H7NO6.3CH4/c1-6-11(14(18)19-7(2)12(6)17)15-20-16(27-21-15)8-4-9(22(24)25)13(26-3)10(23)5-8;1-5-10(13(17)18-6(2)11(5)16)14-19-15(26-20-14)7-3-8(21(24)25)12(23)9(22)4-7;1-3-5(8(11)13-14)7(10)12-4(2)6(3)9;1-15-6-3-4(8(11)12)2-5(7(6)10)9(13)14;;;/h4-5,23H,1-3H3;3-4,22-23H,1-2H3;14H,1-2H3,(H2,11,13);2-3,10H,1H3,(H,11,12);3*1H4. The summed E-state index contributed by atoms with van der Waals surface area (Å²) in [5.41, 5.74) is 8.13. The number of phenols is 4. The number of hydrogen-bond donors (Lipinski definition) is 7. The summed E-state index contributed by atoms with van der Waals surface area (Å²) in [6, 6.07) is 6.21. The number of nitrogens with zero attached hydrogens (tertiary/aromatic N) is 11. The average Bonchev–Trinajstić information content (AvgIpc) is 3.81. The van der Waals surface area contributed by atoms with Crippen LogP contribution in [0.1, 0.15) is 72.0 Å². The molecular formula is C50H50Cl6N12O17. The number of carboxylic acids is 1. The van der Waals surface area contributed by atoms with Crippen molar-refractivity contribution < 1.29 is 68.8 Å². The topological polar surface area (TPSA) is 441 Å². The van der Waals surface area contributed by atoms with Gasteiger partial charge >= 0.3 is 23.0 Å². The number of aromatic carboxylic acids is 1. The van der Waals surface area contributed by atoms with Crippen LogP contribution in [0.3, 0.4) is 0 Å². The number of aromatic hydroxyl groups is 4. The number of carbonyl (C=O) groups is 1. The molecule has 8 rings (SSSR count). The third kappa shape index (κ3) is 15.8. The number of pyridine rings is 3. The first-order valence-electron chi connectivity index (χ1n) is 22.1. The van der Waals surface area contributed by atoms with Crippen molar-refractivity contribution in [3.63, 3.8) is 0 Å². The largest absolute Gasteiger partial charge is 0.504 e. The number of halogens is 6. The van der Waals surface area contributed by atoms with E-state index in [1.165, 1.54) is 20.3 Å². The van der Waals surface area contributed by atoms with Crippen molar-refractivity contribution in [1.29, 1.82) is 0 Å². The molecule has 0 amide bonds. The van der Waals surface area contributed by atoms with Crippen LogP contribution in [0, 0.1) is 71.9 Å². The first-order chi connectivity index (χ1) is 38.4. The lowest BCUT2D eigenvalue weighted by molar-refractivity contribution is -0.386. The maximum absolute atomic E-state index is 11.2. The van der Waals surface area contributed by atoms with Gasteiger partial charge in [0.05, 0.1) is 94.5 Å². The number of nitrogens with two attached hydrogens (primary N) is 1. The lowest BCUT2D eigenvalue weighted by Gasteiger charge is -2.09. The van der Waals surface area contributed by atoms with Gasteiger partial charge in [-0.15, -0.1) is 0 Å². The molecule has 0 saturated heterocycles. The summed E-state index contributed by atoms with van der Waals surface area (Å²) in [7, 11) is 2.38. The number of oxime groups is 1. The minimum absolute atomic E-state index is 0. The fraction of sp³-hybridized carbons (Fsp3) is 0.220. The van der Waals surface area contributed by atoms with Crippen molar-refractivity contribution in [2.24, 2.45) is 10.9 Å². The number of benzene rings is 3. The maximum atomic E-state index is 11.2. The first-order valence-corrected chi connectivity index (χ1v) is 24.3. The minimum atomic E-state index is -1.34. The molecule has 29 nitrogen and oxygen atoms in total. The molecule has 0 saturated carbocycles. The van der Waals surface area contributed by atoms with Crippen LogP contribution in [-0.2, 0) is 0 Å². The summed E-state index contributed by atoms with van der Waals surface area (Å²) in [4.78, 5) is 61.4. The van der Waals surface area contributed by atoms with Gasteiger partial charge in [-0.1, -0.05) is 107 Å². The van der Waals surface area contributed by atoms with Crippen molar-refractivity contribution in [3.05, 3.63) is 142 Å². The number of hydrogen-bond acceptors (Lipinski definition) is 24. The molecule has 0 bridgehead atoms. The van der Waals surface area contributed by atoms with Crippen molar-refractivity contribution in [1.82, 2.24) is 35.2 Å². The zero-order chi connectivity index (χ0) is 61.5. The molecule has 0 aliphatic rings. The van der Waals surface area contributed by atoms with Crippen LogP contribution < -0.4 is 15.2 Å². The smallest absolute Gasteiger partial charge is 0.336 e. The number of nitro benzene ring substituents is 3. The summed E-state index contributed by atoms with van der Waals surface area (Å²) >= 11 is 36.5. The summed E-state index contributed by atoms with van der Waals surface area (Å²) in [6.07, 6.45) is 0. The lowest BCUT2D eigenvalue weighted by Crippen LogP contribution is -2.16. The van der Waals surface area contributed by atoms with Gasteiger partial charge in [0.25, 0.3) is 11.8 Å². The number of phenolic OH excluding ortho intramolecular Hbond substituents is 4. The summed E-state index contributed by atoms with van der Waals surface area (Å²) in [5, 5.41) is 101. The highest BCUT2D eigenvalue weighted by atomic mass is 35.5. The molecule has 3 aromatic carbocycles. The predicted octanol–water partition coefficient (Wildman–Crippen LogP) is 13.4. The molecule has 0 radical (unpaired) electrons. The van der Waals surface area contributed by atoms with Crippen LogP contribution in [-0.4, -0.2) is 107 Å². The molecule has 5 aromatic heterocycles. The van der Waals surface area contributed by atoms with E-state index in [4.69, 9.17) is 99.4 Å². The van der Waals surface area contributed by atoms with Gasteiger partial charge in [-0.25, -0.2) is 19.7 Å². The van der Waals surface area contributed by atoms with E-state index >= 15 is 0 Å². The fourth-order valence-electron chi connectivity index (χ4n) is 7.06. The van der Waals surface area contributed by atoms with Crippen molar-refractivity contribution >= 4 is 98.5 Å². The second-order valence-corrected chi connectivity index (χ2v) is 18.5. The molecule has 0 aliphatic carbocycles. The third-order valence-electron chi connectivity index (χ3n) is 11.1. The Bertz CT molecular complexity index is 3900. The third-order valence-corrected chi connectivity index (χ3v) is 13.6. The Kier molecular flexibility index (Phi) is 25.3. The number of aryl methyl sites for hydroxylation is 3. The lowest BCUT2D eigenvalue weighted by atomic mass is 10.1. The molecule has 0 spiro atoms. The number of amidine groups is 1. The van der Waals surface area contributed by atoms with Gasteiger partial charge in [-0.05, 0) is 76.4 Å². The number of aromatic nitrogens is 7. The molecular weight excluding hydrogens is 1250 g/mol. The van der Waals surface area contributed by atoms with Crippen LogP contribution in [0.25, 0.3) is 45.7 Å². The van der Waals surface area contributed by atoms with E-state index in [2.05, 4.69) is 45.1 Å². The van der Waals surface area contributed by atoms with Crippen LogP contribution in [0.4, 0.5) is 17.1 Å². The Balaban J connectivity index is 0.000000397. The molecule has 85 heavy (non-hydrogen) atoms. The van der Waals surface area contributed by atoms with Gasteiger partial charge in [0, 0.05) is 18.2 Å². The number of rotatable bonds is 11. The minimum Gasteiger partial charge on any atom is -0.504 e. The Hall–Kier alpha value is -9.13. The van der Waals surface area contributed by atoms with Crippen LogP contribution in [0.5, 0.6) is 34.5 Å². The van der Waals surface area contributed by atoms with E-state index in [1.54, 1.807) is 41.5 Å². The Morgan fingerprint density at radius 1 is 0.576 bits per heavy atom. The Morgan fingerprint density at radius 2 is 0.976 bits per heavy atom. The van der Waals surface area contributed by atoms with Crippen molar-refractivity contribution in [2.45, 2.75) is 63.8 Å². The number of carboxylic acid groups (broad SMARTS) is 1. The van der Waals surface area contributed by atoms with Gasteiger partial charge in [-0.3, -0.25) is 30.3 Å². The summed E-state index contributed by atoms with van der Waals surface area (Å²) in [5.74, 6) is -4.61. The highest BCUT2D eigenvalue weighted by molar-refractivity contribution is 6.37. The zero-order valence-electron chi connectivity index (χ0n) is 42.9. The summed E-state index contributed by atoms with van der Waals surface area (Å²) in [6.45, 7) is 10.3. The Labute approximate surface area is 511 Å². The number of nitro groups is 3. The molecule has 0 aliphatic heterocycles. The molecule has 454 valence electrons. The molecule has 0 atom stereocenters. The van der Waals surface area contributed by atoms with Crippen LogP contribution >= 0.6 is 69.6 Å². The Morgan fingerprint density at radius 3 is 1.38 bits per heavy atom. The van der Waals surface area contributed by atoms with E-state index < -0.39 is 60.8 Å². The molecule has 0 fully saturated rings. The number of methoxy groups -OCH3 is 2. The molecule has 8 aromatic rings. The number of ether oxygens (including phenoxy) is 2. The van der Waals surface area contributed by atoms with E-state index in [0.29, 0.717) is 65.5 Å². The van der Waals surface area contributed by atoms with Gasteiger partial charge in [0.2, 0.25) is 28.9 Å². The second kappa shape index (κ2) is 29.9. The van der Waals surface area contributed by atoms with E-state index in [9.17, 15) is 55.6 Å². The first kappa shape index (κ1) is 72.0. The average molecular weight is 1300 g/mol.